The summed E-state index contributed by atoms with van der Waals surface area (Å²) in [5, 5.41) is 2.35. The van der Waals surface area contributed by atoms with Gasteiger partial charge in [0.2, 0.25) is 0 Å². The number of benzene rings is 1. The van der Waals surface area contributed by atoms with Crippen LogP contribution < -0.4 is 5.32 Å². The molecule has 7 heteroatoms. The summed E-state index contributed by atoms with van der Waals surface area (Å²) in [7, 11) is 0. The summed E-state index contributed by atoms with van der Waals surface area (Å²) >= 11 is 0. The van der Waals surface area contributed by atoms with Gasteiger partial charge in [-0.15, -0.1) is 0 Å². The van der Waals surface area contributed by atoms with Crippen molar-refractivity contribution in [1.29, 1.82) is 0 Å². The van der Waals surface area contributed by atoms with Gasteiger partial charge in [0.1, 0.15) is 0 Å². The number of carbonyl (C=O) groups is 1. The van der Waals surface area contributed by atoms with Gasteiger partial charge in [0.15, 0.2) is 24.0 Å². The smallest absolute Gasteiger partial charge is 0.279 e. The van der Waals surface area contributed by atoms with E-state index in [9.17, 15) is 18.0 Å². The van der Waals surface area contributed by atoms with Crippen molar-refractivity contribution in [3.63, 3.8) is 0 Å². The van der Waals surface area contributed by atoms with E-state index in [0.717, 1.165) is 51.4 Å². The molecule has 4 rings (SSSR count). The Kier molecular flexibility index (Phi) is 3.62. The predicted octanol–water partition coefficient (Wildman–Crippen LogP) is 1.19. The van der Waals surface area contributed by atoms with Gasteiger partial charge in [0.05, 0.1) is 25.3 Å². The second kappa shape index (κ2) is 5.31. The van der Waals surface area contributed by atoms with Crippen molar-refractivity contribution < 1.29 is 22.4 Å². The first-order valence-electron chi connectivity index (χ1n) is 7.00. The molecule has 1 amide bonds. The zero-order valence-corrected chi connectivity index (χ0v) is 11.5. The van der Waals surface area contributed by atoms with E-state index in [1.165, 1.54) is 0 Å². The first-order chi connectivity index (χ1) is 9.99. The number of anilines is 1. The summed E-state index contributed by atoms with van der Waals surface area (Å²) in [5.41, 5.74) is -0.312. The number of rotatable bonds is 3. The maximum Gasteiger partial charge on any atom is 0.279 e. The second-order valence-corrected chi connectivity index (χ2v) is 5.78. The molecule has 114 valence electrons. The van der Waals surface area contributed by atoms with Gasteiger partial charge >= 0.3 is 0 Å². The molecule has 0 saturated carbocycles. The van der Waals surface area contributed by atoms with Crippen LogP contribution in [-0.2, 0) is 4.79 Å². The minimum absolute atomic E-state index is 0.242. The summed E-state index contributed by atoms with van der Waals surface area (Å²) in [4.78, 5) is 14.4. The number of halogens is 3. The molecule has 21 heavy (non-hydrogen) atoms. The number of quaternary nitrogens is 1. The Morgan fingerprint density at radius 3 is 2.33 bits per heavy atom. The molecule has 0 unspecified atom stereocenters. The third-order valence-corrected chi connectivity index (χ3v) is 4.46. The van der Waals surface area contributed by atoms with Crippen LogP contribution in [0, 0.1) is 17.5 Å². The molecule has 1 aromatic carbocycles. The van der Waals surface area contributed by atoms with Crippen LogP contribution in [-0.4, -0.2) is 61.1 Å². The number of fused-ring (bicyclic) bond motifs is 3. The Bertz CT molecular complexity index is 557. The van der Waals surface area contributed by atoms with Crippen LogP contribution in [0.2, 0.25) is 0 Å². The topological polar surface area (TPSA) is 32.3 Å². The third kappa shape index (κ3) is 2.75. The highest BCUT2D eigenvalue weighted by molar-refractivity contribution is 5.91. The lowest BCUT2D eigenvalue weighted by Crippen LogP contribution is -2.68. The van der Waals surface area contributed by atoms with Crippen molar-refractivity contribution in [3.8, 4) is 0 Å². The zero-order chi connectivity index (χ0) is 15.0. The number of nitrogens with one attached hydrogen (secondary N) is 1. The van der Waals surface area contributed by atoms with E-state index in [0.29, 0.717) is 4.48 Å². The van der Waals surface area contributed by atoms with Crippen molar-refractivity contribution in [3.05, 3.63) is 29.6 Å². The van der Waals surface area contributed by atoms with Crippen molar-refractivity contribution in [1.82, 2.24) is 4.90 Å². The maximum atomic E-state index is 13.5. The van der Waals surface area contributed by atoms with Gasteiger partial charge in [-0.3, -0.25) is 9.69 Å². The molecule has 3 aliphatic heterocycles. The van der Waals surface area contributed by atoms with Crippen LogP contribution in [0.15, 0.2) is 12.1 Å². The SMILES string of the molecule is O=C(C[N+]12CCN(CC1)CC2)Nc1ccc(F)c(F)c1F. The molecule has 3 saturated heterocycles. The van der Waals surface area contributed by atoms with E-state index in [2.05, 4.69) is 10.2 Å². The van der Waals surface area contributed by atoms with Gasteiger partial charge in [-0.05, 0) is 12.1 Å². The summed E-state index contributed by atoms with van der Waals surface area (Å²) in [6.45, 7) is 5.83. The summed E-state index contributed by atoms with van der Waals surface area (Å²) < 4.78 is 40.2. The van der Waals surface area contributed by atoms with Crippen LogP contribution in [0.25, 0.3) is 0 Å². The number of hydrogen-bond acceptors (Lipinski definition) is 2. The zero-order valence-electron chi connectivity index (χ0n) is 11.5. The molecule has 0 aliphatic carbocycles. The average Bonchev–Trinajstić information content (AvgIpc) is 2.49. The van der Waals surface area contributed by atoms with Gasteiger partial charge in [0, 0.05) is 19.6 Å². The maximum absolute atomic E-state index is 13.5. The van der Waals surface area contributed by atoms with Crippen LogP contribution in [0.5, 0.6) is 0 Å². The fraction of sp³-hybridized carbons (Fsp3) is 0.500. The minimum Gasteiger partial charge on any atom is -0.319 e. The monoisotopic (exact) mass is 300 g/mol. The molecule has 0 atom stereocenters. The molecular formula is C14H17F3N3O+. The summed E-state index contributed by atoms with van der Waals surface area (Å²) in [6.07, 6.45) is 0. The molecule has 3 fully saturated rings. The van der Waals surface area contributed by atoms with Gasteiger partial charge in [-0.25, -0.2) is 13.2 Å². The molecule has 4 nitrogen and oxygen atoms in total. The van der Waals surface area contributed by atoms with Gasteiger partial charge < -0.3 is 9.80 Å². The van der Waals surface area contributed by atoms with E-state index < -0.39 is 17.5 Å². The fourth-order valence-corrected chi connectivity index (χ4v) is 3.09. The van der Waals surface area contributed by atoms with Crippen molar-refractivity contribution in [2.24, 2.45) is 0 Å². The molecule has 0 radical (unpaired) electrons. The van der Waals surface area contributed by atoms with E-state index in [1.54, 1.807) is 0 Å². The van der Waals surface area contributed by atoms with Crippen LogP contribution >= 0.6 is 0 Å². The predicted molar refractivity (Wildman–Crippen MR) is 71.1 cm³/mol. The van der Waals surface area contributed by atoms with Crippen molar-refractivity contribution in [2.45, 2.75) is 0 Å². The van der Waals surface area contributed by atoms with E-state index >= 15 is 0 Å². The lowest BCUT2D eigenvalue weighted by molar-refractivity contribution is -0.933. The van der Waals surface area contributed by atoms with Crippen molar-refractivity contribution >= 4 is 11.6 Å². The number of hydrogen-bond donors (Lipinski definition) is 1. The molecule has 3 aliphatic rings. The molecule has 1 aromatic rings. The van der Waals surface area contributed by atoms with Crippen LogP contribution in [0.3, 0.4) is 0 Å². The third-order valence-electron chi connectivity index (χ3n) is 4.46. The van der Waals surface area contributed by atoms with Gasteiger partial charge in [-0.2, -0.15) is 0 Å². The van der Waals surface area contributed by atoms with E-state index in [4.69, 9.17) is 0 Å². The standard InChI is InChI=1S/C14H16F3N3O/c15-10-1-2-11(14(17)13(10)16)18-12(21)9-20-6-3-19(4-7-20)5-8-20/h1-2H,3-9H2/p+1. The quantitative estimate of drug-likeness (QED) is 0.672. The Morgan fingerprint density at radius 1 is 1.10 bits per heavy atom. The van der Waals surface area contributed by atoms with Crippen LogP contribution in [0.4, 0.5) is 18.9 Å². The van der Waals surface area contributed by atoms with Gasteiger partial charge in [-0.1, -0.05) is 0 Å². The Balaban J connectivity index is 1.68. The summed E-state index contributed by atoms with van der Waals surface area (Å²) in [5.74, 6) is -4.55. The van der Waals surface area contributed by atoms with E-state index in [1.807, 2.05) is 0 Å². The largest absolute Gasteiger partial charge is 0.319 e. The molecular weight excluding hydrogens is 283 g/mol. The van der Waals surface area contributed by atoms with Crippen molar-refractivity contribution in [2.75, 3.05) is 51.1 Å². The number of carbonyl (C=O) groups excluding carboxylic acids is 1. The molecule has 0 aromatic heterocycles. The highest BCUT2D eigenvalue weighted by Gasteiger charge is 2.39. The molecule has 2 bridgehead atoms. The lowest BCUT2D eigenvalue weighted by Gasteiger charge is -2.50. The molecule has 3 heterocycles. The fourth-order valence-electron chi connectivity index (χ4n) is 3.09. The number of nitrogens with zero attached hydrogens (tertiary/aromatic N) is 2. The Morgan fingerprint density at radius 2 is 1.71 bits per heavy atom. The Labute approximate surface area is 120 Å². The van der Waals surface area contributed by atoms with Crippen LogP contribution in [0.1, 0.15) is 0 Å². The number of amides is 1. The Hall–Kier alpha value is -1.60. The first-order valence-corrected chi connectivity index (χ1v) is 7.00. The highest BCUT2D eigenvalue weighted by atomic mass is 19.2. The van der Waals surface area contributed by atoms with Gasteiger partial charge in [0.25, 0.3) is 5.91 Å². The summed E-state index contributed by atoms with van der Waals surface area (Å²) in [6, 6.07) is 1.85. The lowest BCUT2D eigenvalue weighted by atomic mass is 10.1. The second-order valence-electron chi connectivity index (χ2n) is 5.78. The first kappa shape index (κ1) is 14.3. The normalized spacial score (nSPS) is 27.7. The molecule has 0 spiro atoms. The minimum atomic E-state index is -1.56. The van der Waals surface area contributed by atoms with E-state index in [-0.39, 0.29) is 18.1 Å². The number of piperazine rings is 3. The molecule has 1 N–H and O–H groups in total. The highest BCUT2D eigenvalue weighted by Crippen LogP contribution is 2.22. The average molecular weight is 300 g/mol.